The van der Waals surface area contributed by atoms with Gasteiger partial charge in [0.15, 0.2) is 0 Å². The highest BCUT2D eigenvalue weighted by atomic mass is 16.5. The zero-order valence-corrected chi connectivity index (χ0v) is 19.7. The van der Waals surface area contributed by atoms with Crippen LogP contribution in [0.1, 0.15) is 33.6 Å². The molecular formula is C28H27N5O3. The number of nitrogens with zero attached hydrogens (tertiary/aromatic N) is 2. The molecule has 2 aromatic heterocycles. The number of aromatic nitrogens is 2. The Labute approximate surface area is 209 Å². The van der Waals surface area contributed by atoms with Crippen molar-refractivity contribution < 1.29 is 14.3 Å². The molecule has 2 aromatic carbocycles. The van der Waals surface area contributed by atoms with E-state index in [4.69, 9.17) is 4.74 Å². The number of hydrogen-bond acceptors (Lipinski definition) is 6. The topological polar surface area (TPSA) is 105 Å². The first-order valence-corrected chi connectivity index (χ1v) is 11.7. The summed E-state index contributed by atoms with van der Waals surface area (Å²) in [4.78, 5) is 33.3. The number of para-hydroxylation sites is 2. The van der Waals surface area contributed by atoms with Gasteiger partial charge < -0.3 is 20.7 Å². The quantitative estimate of drug-likeness (QED) is 0.253. The highest BCUT2D eigenvalue weighted by Gasteiger charge is 2.13. The Morgan fingerprint density at radius 1 is 0.667 bits per heavy atom. The molecule has 36 heavy (non-hydrogen) atoms. The second-order valence-electron chi connectivity index (χ2n) is 7.90. The Bertz CT molecular complexity index is 1180. The van der Waals surface area contributed by atoms with E-state index in [-0.39, 0.29) is 11.8 Å². The van der Waals surface area contributed by atoms with Gasteiger partial charge in [0, 0.05) is 48.4 Å². The summed E-state index contributed by atoms with van der Waals surface area (Å²) in [7, 11) is 0. The van der Waals surface area contributed by atoms with Crippen LogP contribution in [0.3, 0.4) is 0 Å². The molecule has 2 amide bonds. The van der Waals surface area contributed by atoms with Crippen LogP contribution in [0.25, 0.3) is 0 Å². The van der Waals surface area contributed by atoms with Gasteiger partial charge in [-0.15, -0.1) is 0 Å². The van der Waals surface area contributed by atoms with Crippen LogP contribution in [0.2, 0.25) is 0 Å². The number of carbonyl (C=O) groups is 2. The van der Waals surface area contributed by atoms with E-state index in [1.165, 1.54) is 0 Å². The van der Waals surface area contributed by atoms with Crippen LogP contribution in [0.15, 0.2) is 97.6 Å². The van der Waals surface area contributed by atoms with Crippen molar-refractivity contribution in [1.82, 2.24) is 9.97 Å². The minimum atomic E-state index is -0.236. The van der Waals surface area contributed by atoms with Gasteiger partial charge in [-0.3, -0.25) is 19.6 Å². The summed E-state index contributed by atoms with van der Waals surface area (Å²) in [6, 6.07) is 21.5. The van der Waals surface area contributed by atoms with E-state index in [0.717, 1.165) is 18.5 Å². The van der Waals surface area contributed by atoms with Crippen LogP contribution in [-0.4, -0.2) is 34.9 Å². The highest BCUT2D eigenvalue weighted by molar-refractivity contribution is 6.08. The number of hydrogen-bond donors (Lipinski definition) is 3. The Morgan fingerprint density at radius 2 is 1.22 bits per heavy atom. The Morgan fingerprint density at radius 3 is 1.89 bits per heavy atom. The summed E-state index contributed by atoms with van der Waals surface area (Å²) in [6.45, 7) is 1.14. The molecule has 0 unspecified atom stereocenters. The van der Waals surface area contributed by atoms with Crippen LogP contribution in [0.5, 0.6) is 5.75 Å². The Kier molecular flexibility index (Phi) is 8.58. The van der Waals surface area contributed by atoms with Crippen molar-refractivity contribution in [3.63, 3.8) is 0 Å². The fourth-order valence-electron chi connectivity index (χ4n) is 3.51. The first-order valence-electron chi connectivity index (χ1n) is 11.7. The summed E-state index contributed by atoms with van der Waals surface area (Å²) in [5, 5.41) is 9.07. The second kappa shape index (κ2) is 12.7. The fourth-order valence-corrected chi connectivity index (χ4v) is 3.51. The lowest BCUT2D eigenvalue weighted by molar-refractivity contribution is 0.101. The smallest absolute Gasteiger partial charge is 0.259 e. The van der Waals surface area contributed by atoms with E-state index < -0.39 is 0 Å². The van der Waals surface area contributed by atoms with Gasteiger partial charge in [-0.05, 0) is 61.4 Å². The van der Waals surface area contributed by atoms with Gasteiger partial charge in [0.05, 0.1) is 17.7 Å². The molecule has 0 fully saturated rings. The van der Waals surface area contributed by atoms with Crippen LogP contribution in [0, 0.1) is 0 Å². The molecule has 0 atom stereocenters. The van der Waals surface area contributed by atoms with Crippen molar-refractivity contribution in [2.24, 2.45) is 0 Å². The van der Waals surface area contributed by atoms with Crippen LogP contribution < -0.4 is 20.7 Å². The second-order valence-corrected chi connectivity index (χ2v) is 7.90. The average molecular weight is 482 g/mol. The zero-order valence-electron chi connectivity index (χ0n) is 19.7. The van der Waals surface area contributed by atoms with E-state index >= 15 is 0 Å². The number of rotatable bonds is 11. The predicted octanol–water partition coefficient (Wildman–Crippen LogP) is 5.25. The van der Waals surface area contributed by atoms with Gasteiger partial charge in [-0.1, -0.05) is 24.3 Å². The lowest BCUT2D eigenvalue weighted by Crippen LogP contribution is -2.15. The highest BCUT2D eigenvalue weighted by Crippen LogP contribution is 2.21. The van der Waals surface area contributed by atoms with Crippen molar-refractivity contribution >= 4 is 28.9 Å². The van der Waals surface area contributed by atoms with Crippen LogP contribution >= 0.6 is 0 Å². The molecule has 182 valence electrons. The van der Waals surface area contributed by atoms with Gasteiger partial charge in [-0.2, -0.15) is 0 Å². The first-order chi connectivity index (χ1) is 17.7. The number of carbonyl (C=O) groups excluding carboxylic acids is 2. The van der Waals surface area contributed by atoms with E-state index in [2.05, 4.69) is 25.9 Å². The number of benzene rings is 2. The molecule has 8 nitrogen and oxygen atoms in total. The fraction of sp³-hybridized carbons (Fsp3) is 0.143. The summed E-state index contributed by atoms with van der Waals surface area (Å²) < 4.78 is 5.91. The number of unbranched alkanes of at least 4 members (excludes halogenated alkanes) is 1. The molecule has 0 aliphatic heterocycles. The molecule has 0 radical (unpaired) electrons. The SMILES string of the molecule is O=C(Nc1ccncc1)c1ccccc1NCCCCOc1ccccc1C(=O)Nc1ccncc1. The largest absolute Gasteiger partial charge is 0.493 e. The molecule has 0 saturated heterocycles. The van der Waals surface area contributed by atoms with E-state index in [9.17, 15) is 9.59 Å². The summed E-state index contributed by atoms with van der Waals surface area (Å²) in [5.74, 6) is 0.115. The van der Waals surface area contributed by atoms with Crippen molar-refractivity contribution in [1.29, 1.82) is 0 Å². The third-order valence-electron chi connectivity index (χ3n) is 5.32. The number of ether oxygens (including phenoxy) is 1. The predicted molar refractivity (Wildman–Crippen MR) is 140 cm³/mol. The number of amides is 2. The minimum absolute atomic E-state index is 0.186. The maximum absolute atomic E-state index is 12.7. The molecule has 2 heterocycles. The van der Waals surface area contributed by atoms with Gasteiger partial charge in [-0.25, -0.2) is 0 Å². The molecule has 8 heteroatoms. The monoisotopic (exact) mass is 481 g/mol. The van der Waals surface area contributed by atoms with Gasteiger partial charge in [0.1, 0.15) is 5.75 Å². The number of anilines is 3. The van der Waals surface area contributed by atoms with E-state index in [1.807, 2.05) is 24.3 Å². The zero-order chi connectivity index (χ0) is 25.0. The average Bonchev–Trinajstić information content (AvgIpc) is 2.92. The third kappa shape index (κ3) is 6.89. The van der Waals surface area contributed by atoms with Gasteiger partial charge >= 0.3 is 0 Å². The van der Waals surface area contributed by atoms with Crippen molar-refractivity contribution in [2.45, 2.75) is 12.8 Å². The molecule has 4 aromatic rings. The molecule has 4 rings (SSSR count). The maximum Gasteiger partial charge on any atom is 0.259 e. The third-order valence-corrected chi connectivity index (χ3v) is 5.32. The molecule has 0 aliphatic rings. The summed E-state index contributed by atoms with van der Waals surface area (Å²) in [6.07, 6.45) is 8.11. The molecule has 0 aliphatic carbocycles. The lowest BCUT2D eigenvalue weighted by Gasteiger charge is -2.13. The molecule has 0 bridgehead atoms. The van der Waals surface area contributed by atoms with E-state index in [1.54, 1.807) is 73.3 Å². The molecule has 0 spiro atoms. The molecule has 0 saturated carbocycles. The summed E-state index contributed by atoms with van der Waals surface area (Å²) >= 11 is 0. The Hall–Kier alpha value is -4.72. The van der Waals surface area contributed by atoms with Crippen LogP contribution in [-0.2, 0) is 0 Å². The van der Waals surface area contributed by atoms with Crippen molar-refractivity contribution in [3.05, 3.63) is 109 Å². The minimum Gasteiger partial charge on any atom is -0.493 e. The lowest BCUT2D eigenvalue weighted by atomic mass is 10.1. The standard InChI is InChI=1S/C28H27N5O3/c34-27(32-21-11-16-29-17-12-21)23-7-1-3-9-25(23)31-15-5-6-20-36-26-10-4-2-8-24(26)28(35)33-22-13-18-30-19-14-22/h1-4,7-14,16-19,31H,5-6,15,20H2,(H,29,32,34)(H,30,33,35). The summed E-state index contributed by atoms with van der Waals surface area (Å²) in [5.41, 5.74) is 3.17. The normalized spacial score (nSPS) is 10.3. The molecular weight excluding hydrogens is 454 g/mol. The van der Waals surface area contributed by atoms with Crippen molar-refractivity contribution in [3.8, 4) is 5.75 Å². The number of nitrogens with one attached hydrogen (secondary N) is 3. The number of pyridine rings is 2. The first kappa shape index (κ1) is 24.4. The van der Waals surface area contributed by atoms with Gasteiger partial charge in [0.2, 0.25) is 0 Å². The van der Waals surface area contributed by atoms with Gasteiger partial charge in [0.25, 0.3) is 11.8 Å². The van der Waals surface area contributed by atoms with Crippen LogP contribution in [0.4, 0.5) is 17.1 Å². The molecule has 3 N–H and O–H groups in total. The van der Waals surface area contributed by atoms with E-state index in [0.29, 0.717) is 41.4 Å². The maximum atomic E-state index is 12.7. The van der Waals surface area contributed by atoms with Crippen molar-refractivity contribution in [2.75, 3.05) is 29.1 Å². The Balaban J connectivity index is 1.24.